The fourth-order valence-corrected chi connectivity index (χ4v) is 1.99. The minimum Gasteiger partial charge on any atom is -0.308 e. The van der Waals surface area contributed by atoms with E-state index in [2.05, 4.69) is 71.1 Å². The van der Waals surface area contributed by atoms with E-state index < -0.39 is 0 Å². The molecule has 0 aliphatic rings. The predicted octanol–water partition coefficient (Wildman–Crippen LogP) is 4.48. The Morgan fingerprint density at radius 2 is 1.67 bits per heavy atom. The van der Waals surface area contributed by atoms with Crippen LogP contribution in [0.1, 0.15) is 50.8 Å². The van der Waals surface area contributed by atoms with E-state index in [0.717, 1.165) is 13.0 Å². The molecule has 1 rings (SSSR count). The summed E-state index contributed by atoms with van der Waals surface area (Å²) >= 11 is 0. The Kier molecular flexibility index (Phi) is 5.15. The Labute approximate surface area is 112 Å². The van der Waals surface area contributed by atoms with Crippen molar-refractivity contribution in [1.82, 2.24) is 5.32 Å². The van der Waals surface area contributed by atoms with E-state index in [4.69, 9.17) is 0 Å². The van der Waals surface area contributed by atoms with Gasteiger partial charge in [0.05, 0.1) is 0 Å². The van der Waals surface area contributed by atoms with E-state index in [1.807, 2.05) is 0 Å². The monoisotopic (exact) mass is 245 g/mol. The standard InChI is InChI=1S/C17H27N/c1-7-15(12-18-17(4,5)6)11-16-9-13(2)8-14(3)10-16/h8-11,18H,7,12H2,1-6H3. The Balaban J connectivity index is 2.83. The highest BCUT2D eigenvalue weighted by molar-refractivity contribution is 5.55. The molecule has 0 radical (unpaired) electrons. The van der Waals surface area contributed by atoms with Crippen LogP contribution in [0.5, 0.6) is 0 Å². The van der Waals surface area contributed by atoms with Gasteiger partial charge in [-0.1, -0.05) is 47.9 Å². The summed E-state index contributed by atoms with van der Waals surface area (Å²) in [5.41, 5.74) is 5.62. The maximum absolute atomic E-state index is 3.55. The minimum atomic E-state index is 0.177. The van der Waals surface area contributed by atoms with Crippen LogP contribution in [0.15, 0.2) is 23.8 Å². The molecule has 0 aliphatic heterocycles. The lowest BCUT2D eigenvalue weighted by Gasteiger charge is -2.21. The van der Waals surface area contributed by atoms with Crippen LogP contribution in [-0.4, -0.2) is 12.1 Å². The van der Waals surface area contributed by atoms with Gasteiger partial charge in [0, 0.05) is 12.1 Å². The molecule has 0 saturated heterocycles. The smallest absolute Gasteiger partial charge is 0.0172 e. The minimum absolute atomic E-state index is 0.177. The third kappa shape index (κ3) is 5.50. The highest BCUT2D eigenvalue weighted by atomic mass is 14.9. The van der Waals surface area contributed by atoms with Crippen molar-refractivity contribution in [2.45, 2.75) is 53.5 Å². The molecule has 1 heteroatoms. The zero-order valence-electron chi connectivity index (χ0n) is 12.7. The van der Waals surface area contributed by atoms with Gasteiger partial charge in [0.15, 0.2) is 0 Å². The summed E-state index contributed by atoms with van der Waals surface area (Å²) in [4.78, 5) is 0. The summed E-state index contributed by atoms with van der Waals surface area (Å²) in [6.07, 6.45) is 3.41. The van der Waals surface area contributed by atoms with Crippen LogP contribution in [0.25, 0.3) is 6.08 Å². The number of benzene rings is 1. The first-order chi connectivity index (χ1) is 8.30. The molecule has 1 nitrogen and oxygen atoms in total. The molecule has 1 N–H and O–H groups in total. The van der Waals surface area contributed by atoms with E-state index >= 15 is 0 Å². The summed E-state index contributed by atoms with van der Waals surface area (Å²) < 4.78 is 0. The van der Waals surface area contributed by atoms with Crippen molar-refractivity contribution in [2.75, 3.05) is 6.54 Å². The highest BCUT2D eigenvalue weighted by Crippen LogP contribution is 2.14. The first kappa shape index (κ1) is 15.0. The summed E-state index contributed by atoms with van der Waals surface area (Å²) in [5.74, 6) is 0. The Bertz CT molecular complexity index is 401. The molecule has 0 heterocycles. The SMILES string of the molecule is CCC(=Cc1cc(C)cc(C)c1)CNC(C)(C)C. The van der Waals surface area contributed by atoms with Gasteiger partial charge in [0.2, 0.25) is 0 Å². The number of rotatable bonds is 4. The summed E-state index contributed by atoms with van der Waals surface area (Å²) in [6.45, 7) is 14.1. The maximum Gasteiger partial charge on any atom is 0.0172 e. The van der Waals surface area contributed by atoms with Crippen LogP contribution in [0, 0.1) is 13.8 Å². The molecule has 18 heavy (non-hydrogen) atoms. The Morgan fingerprint density at radius 3 is 2.11 bits per heavy atom. The van der Waals surface area contributed by atoms with Crippen molar-refractivity contribution in [3.05, 3.63) is 40.5 Å². The number of aryl methyl sites for hydroxylation is 2. The second-order valence-electron chi connectivity index (χ2n) is 6.18. The normalized spacial score (nSPS) is 12.9. The van der Waals surface area contributed by atoms with Crippen molar-refractivity contribution < 1.29 is 0 Å². The molecule has 1 aromatic rings. The van der Waals surface area contributed by atoms with Gasteiger partial charge >= 0.3 is 0 Å². The van der Waals surface area contributed by atoms with Crippen molar-refractivity contribution >= 4 is 6.08 Å². The largest absolute Gasteiger partial charge is 0.308 e. The van der Waals surface area contributed by atoms with Crippen LogP contribution in [0.3, 0.4) is 0 Å². The molecule has 0 saturated carbocycles. The fourth-order valence-electron chi connectivity index (χ4n) is 1.99. The van der Waals surface area contributed by atoms with Crippen LogP contribution in [0.2, 0.25) is 0 Å². The van der Waals surface area contributed by atoms with Gasteiger partial charge in [-0.05, 0) is 46.6 Å². The second-order valence-corrected chi connectivity index (χ2v) is 6.18. The fraction of sp³-hybridized carbons (Fsp3) is 0.529. The van der Waals surface area contributed by atoms with Gasteiger partial charge in [0.25, 0.3) is 0 Å². The van der Waals surface area contributed by atoms with Crippen LogP contribution in [-0.2, 0) is 0 Å². The summed E-state index contributed by atoms with van der Waals surface area (Å²) in [5, 5.41) is 3.55. The Hall–Kier alpha value is -1.08. The third-order valence-corrected chi connectivity index (χ3v) is 2.91. The van der Waals surface area contributed by atoms with E-state index in [0.29, 0.717) is 0 Å². The molecule has 0 aliphatic carbocycles. The molecule has 100 valence electrons. The van der Waals surface area contributed by atoms with Crippen molar-refractivity contribution in [3.63, 3.8) is 0 Å². The summed E-state index contributed by atoms with van der Waals surface area (Å²) in [6, 6.07) is 6.72. The van der Waals surface area contributed by atoms with Crippen molar-refractivity contribution in [3.8, 4) is 0 Å². The van der Waals surface area contributed by atoms with Crippen molar-refractivity contribution in [1.29, 1.82) is 0 Å². The van der Waals surface area contributed by atoms with Gasteiger partial charge in [-0.25, -0.2) is 0 Å². The first-order valence-corrected chi connectivity index (χ1v) is 6.83. The number of nitrogens with one attached hydrogen (secondary N) is 1. The van der Waals surface area contributed by atoms with E-state index in [1.165, 1.54) is 22.3 Å². The molecular weight excluding hydrogens is 218 g/mol. The lowest BCUT2D eigenvalue weighted by Crippen LogP contribution is -2.36. The lowest BCUT2D eigenvalue weighted by molar-refractivity contribution is 0.443. The third-order valence-electron chi connectivity index (χ3n) is 2.91. The molecule has 0 fully saturated rings. The molecule has 1 aromatic carbocycles. The molecule has 0 atom stereocenters. The maximum atomic E-state index is 3.55. The molecule has 0 spiro atoms. The first-order valence-electron chi connectivity index (χ1n) is 6.83. The van der Waals surface area contributed by atoms with E-state index in [1.54, 1.807) is 0 Å². The zero-order valence-corrected chi connectivity index (χ0v) is 12.7. The van der Waals surface area contributed by atoms with Crippen LogP contribution >= 0.6 is 0 Å². The molecule has 0 aromatic heterocycles. The van der Waals surface area contributed by atoms with Gasteiger partial charge < -0.3 is 5.32 Å². The van der Waals surface area contributed by atoms with Gasteiger partial charge in [0.1, 0.15) is 0 Å². The van der Waals surface area contributed by atoms with Gasteiger partial charge in [-0.3, -0.25) is 0 Å². The Morgan fingerprint density at radius 1 is 1.11 bits per heavy atom. The lowest BCUT2D eigenvalue weighted by atomic mass is 10.0. The van der Waals surface area contributed by atoms with E-state index in [-0.39, 0.29) is 5.54 Å². The molecule has 0 bridgehead atoms. The van der Waals surface area contributed by atoms with Gasteiger partial charge in [-0.2, -0.15) is 0 Å². The predicted molar refractivity (Wildman–Crippen MR) is 81.9 cm³/mol. The molecular formula is C17H27N. The molecule has 0 amide bonds. The van der Waals surface area contributed by atoms with E-state index in [9.17, 15) is 0 Å². The van der Waals surface area contributed by atoms with Gasteiger partial charge in [-0.15, -0.1) is 0 Å². The quantitative estimate of drug-likeness (QED) is 0.824. The summed E-state index contributed by atoms with van der Waals surface area (Å²) in [7, 11) is 0. The highest BCUT2D eigenvalue weighted by Gasteiger charge is 2.08. The second kappa shape index (κ2) is 6.19. The average Bonchev–Trinajstić information content (AvgIpc) is 2.21. The van der Waals surface area contributed by atoms with Crippen molar-refractivity contribution in [2.24, 2.45) is 0 Å². The van der Waals surface area contributed by atoms with Crippen LogP contribution < -0.4 is 5.32 Å². The topological polar surface area (TPSA) is 12.0 Å². The number of hydrogen-bond acceptors (Lipinski definition) is 1. The van der Waals surface area contributed by atoms with Crippen LogP contribution in [0.4, 0.5) is 0 Å². The average molecular weight is 245 g/mol. The zero-order chi connectivity index (χ0) is 13.8. The number of hydrogen-bond donors (Lipinski definition) is 1. The molecule has 0 unspecified atom stereocenters.